The molecule has 78 valence electrons. The minimum atomic E-state index is -4.40. The molecule has 0 saturated heterocycles. The van der Waals surface area contributed by atoms with Crippen molar-refractivity contribution in [3.8, 4) is 0 Å². The molecule has 2 N–H and O–H groups in total. The van der Waals surface area contributed by atoms with Crippen LogP contribution in [-0.4, -0.2) is 63.7 Å². The van der Waals surface area contributed by atoms with Gasteiger partial charge in [-0.25, -0.2) is 0 Å². The first kappa shape index (κ1) is 14.8. The third-order valence-corrected chi connectivity index (χ3v) is 4.79. The first-order valence-corrected chi connectivity index (χ1v) is 6.46. The first-order valence-electron chi connectivity index (χ1n) is 2.76. The second kappa shape index (κ2) is 4.74. The van der Waals surface area contributed by atoms with Gasteiger partial charge in [0.25, 0.3) is 0 Å². The maximum atomic E-state index is 10.5. The Kier molecular flexibility index (Phi) is 5.01. The zero-order valence-electron chi connectivity index (χ0n) is 5.91. The SMILES string of the molecule is O=S(=O)(O)c1ccc(S(=O)(=O)O)s1.[CaH2]. The molecule has 1 heterocycles. The fourth-order valence-corrected chi connectivity index (χ4v) is 3.07. The molecule has 1 rings (SSSR count). The van der Waals surface area contributed by atoms with Crippen LogP contribution in [0, 0.1) is 0 Å². The van der Waals surface area contributed by atoms with E-state index in [2.05, 4.69) is 0 Å². The van der Waals surface area contributed by atoms with Crippen LogP contribution in [0.2, 0.25) is 0 Å². The van der Waals surface area contributed by atoms with Crippen LogP contribution in [0.5, 0.6) is 0 Å². The summed E-state index contributed by atoms with van der Waals surface area (Å²) in [5.41, 5.74) is 0. The maximum absolute atomic E-state index is 10.5. The monoisotopic (exact) mass is 286 g/mol. The van der Waals surface area contributed by atoms with Gasteiger partial charge in [0.1, 0.15) is 8.42 Å². The Morgan fingerprint density at radius 2 is 1.21 bits per heavy atom. The van der Waals surface area contributed by atoms with Crippen LogP contribution in [0.4, 0.5) is 0 Å². The van der Waals surface area contributed by atoms with Gasteiger partial charge in [0.05, 0.1) is 0 Å². The van der Waals surface area contributed by atoms with E-state index in [1.54, 1.807) is 0 Å². The van der Waals surface area contributed by atoms with Gasteiger partial charge in [-0.1, -0.05) is 0 Å². The second-order valence-corrected chi connectivity index (χ2v) is 6.40. The van der Waals surface area contributed by atoms with Crippen LogP contribution < -0.4 is 0 Å². The Bertz CT molecular complexity index is 465. The summed E-state index contributed by atoms with van der Waals surface area (Å²) in [4.78, 5) is 0. The van der Waals surface area contributed by atoms with Crippen LogP contribution >= 0.6 is 11.3 Å². The molecule has 6 nitrogen and oxygen atoms in total. The normalized spacial score (nSPS) is 12.1. The van der Waals surface area contributed by atoms with Crippen LogP contribution in [-0.2, 0) is 20.2 Å². The molecule has 0 radical (unpaired) electrons. The van der Waals surface area contributed by atoms with Crippen molar-refractivity contribution in [2.45, 2.75) is 8.42 Å². The van der Waals surface area contributed by atoms with Crippen molar-refractivity contribution in [3.05, 3.63) is 12.1 Å². The van der Waals surface area contributed by atoms with Gasteiger partial charge in [-0.2, -0.15) is 16.8 Å². The van der Waals surface area contributed by atoms with Crippen molar-refractivity contribution < 1.29 is 25.9 Å². The van der Waals surface area contributed by atoms with Gasteiger partial charge in [0.2, 0.25) is 0 Å². The Labute approximate surface area is 114 Å². The first-order chi connectivity index (χ1) is 5.71. The van der Waals surface area contributed by atoms with Gasteiger partial charge >= 0.3 is 58.0 Å². The Balaban J connectivity index is 0.00000169. The van der Waals surface area contributed by atoms with Crippen LogP contribution in [0.1, 0.15) is 0 Å². The molecule has 0 aliphatic heterocycles. The second-order valence-electron chi connectivity index (χ2n) is 2.02. The van der Waals surface area contributed by atoms with E-state index in [1.807, 2.05) is 0 Å². The number of thiophene rings is 1. The van der Waals surface area contributed by atoms with Crippen LogP contribution in [0.3, 0.4) is 0 Å². The third kappa shape index (κ3) is 3.74. The molecule has 0 atom stereocenters. The van der Waals surface area contributed by atoms with E-state index < -0.39 is 28.7 Å². The summed E-state index contributed by atoms with van der Waals surface area (Å²) >= 11 is 0.271. The summed E-state index contributed by atoms with van der Waals surface area (Å²) in [6.45, 7) is 0. The topological polar surface area (TPSA) is 109 Å². The quantitative estimate of drug-likeness (QED) is 0.551. The van der Waals surface area contributed by atoms with Gasteiger partial charge in [0, 0.05) is 0 Å². The predicted octanol–water partition coefficient (Wildman–Crippen LogP) is -0.675. The fourth-order valence-electron chi connectivity index (χ4n) is 0.581. The zero-order chi connectivity index (χ0) is 10.3. The van der Waals surface area contributed by atoms with Crippen molar-refractivity contribution in [1.82, 2.24) is 0 Å². The molecule has 1 aromatic heterocycles. The van der Waals surface area contributed by atoms with E-state index in [9.17, 15) is 16.8 Å². The molecule has 0 fully saturated rings. The average molecular weight is 286 g/mol. The zero-order valence-corrected chi connectivity index (χ0v) is 8.36. The Hall–Kier alpha value is 0.780. The summed E-state index contributed by atoms with van der Waals surface area (Å²) in [7, 11) is -8.80. The molecule has 0 spiro atoms. The number of hydrogen-bond donors (Lipinski definition) is 2. The predicted molar refractivity (Wildman–Crippen MR) is 52.5 cm³/mol. The van der Waals surface area contributed by atoms with Crippen molar-refractivity contribution >= 4 is 69.3 Å². The summed E-state index contributed by atoms with van der Waals surface area (Å²) < 4.78 is 57.7. The van der Waals surface area contributed by atoms with E-state index >= 15 is 0 Å². The van der Waals surface area contributed by atoms with Crippen LogP contribution in [0.25, 0.3) is 0 Å². The van der Waals surface area contributed by atoms with Crippen molar-refractivity contribution in [2.24, 2.45) is 0 Å². The summed E-state index contributed by atoms with van der Waals surface area (Å²) in [5, 5.41) is 0. The summed E-state index contributed by atoms with van der Waals surface area (Å²) in [6.07, 6.45) is 0. The van der Waals surface area contributed by atoms with E-state index in [0.29, 0.717) is 0 Å². The average Bonchev–Trinajstić information content (AvgIpc) is 2.28. The molecular weight excluding hydrogens is 280 g/mol. The van der Waals surface area contributed by atoms with Crippen molar-refractivity contribution in [2.75, 3.05) is 0 Å². The molecule has 1 aromatic rings. The fraction of sp³-hybridized carbons (Fsp3) is 0. The molecule has 0 unspecified atom stereocenters. The molecule has 0 aliphatic rings. The molecule has 0 aromatic carbocycles. The minimum absolute atomic E-state index is 0. The standard InChI is InChI=1S/C4H4O6S3.Ca.2H/c5-12(6,7)3-1-2-4(11-3)13(8,9)10;;;/h1-2H,(H,5,6,7)(H,8,9,10);;;. The Morgan fingerprint density at radius 1 is 0.929 bits per heavy atom. The van der Waals surface area contributed by atoms with E-state index in [1.165, 1.54) is 0 Å². The molecular formula is C4H6CaO6S3. The molecule has 0 aliphatic carbocycles. The van der Waals surface area contributed by atoms with E-state index in [-0.39, 0.29) is 49.1 Å². The van der Waals surface area contributed by atoms with E-state index in [0.717, 1.165) is 12.1 Å². The number of rotatable bonds is 2. The summed E-state index contributed by atoms with van der Waals surface area (Å²) in [6, 6.07) is 1.78. The molecule has 0 bridgehead atoms. The van der Waals surface area contributed by atoms with Gasteiger partial charge in [-0.05, 0) is 12.1 Å². The van der Waals surface area contributed by atoms with Gasteiger partial charge in [-0.3, -0.25) is 9.11 Å². The molecule has 0 amide bonds. The van der Waals surface area contributed by atoms with Gasteiger partial charge in [0.15, 0.2) is 0 Å². The van der Waals surface area contributed by atoms with Crippen LogP contribution in [0.15, 0.2) is 20.6 Å². The number of hydrogen-bond acceptors (Lipinski definition) is 5. The van der Waals surface area contributed by atoms with Gasteiger partial charge in [-0.15, -0.1) is 11.3 Å². The van der Waals surface area contributed by atoms with Crippen molar-refractivity contribution in [1.29, 1.82) is 0 Å². The molecule has 0 saturated carbocycles. The van der Waals surface area contributed by atoms with Gasteiger partial charge < -0.3 is 0 Å². The summed E-state index contributed by atoms with van der Waals surface area (Å²) in [5.74, 6) is 0. The van der Waals surface area contributed by atoms with E-state index in [4.69, 9.17) is 9.11 Å². The Morgan fingerprint density at radius 3 is 1.36 bits per heavy atom. The molecule has 14 heavy (non-hydrogen) atoms. The third-order valence-electron chi connectivity index (χ3n) is 1.07. The molecule has 10 heteroatoms. The van der Waals surface area contributed by atoms with Crippen molar-refractivity contribution in [3.63, 3.8) is 0 Å².